The molecule has 1 rings (SSSR count). The molecule has 1 aliphatic heterocycles. The molecule has 0 saturated carbocycles. The van der Waals surface area contributed by atoms with Crippen LogP contribution in [-0.2, 0) is 28.9 Å². The minimum Gasteiger partial charge on any atom is -0.394 e. The maximum atomic E-state index is 13.2. The van der Waals surface area contributed by atoms with E-state index in [1.165, 1.54) is 276 Å². The second kappa shape index (κ2) is 56.7. The molecule has 0 aromatic carbocycles. The van der Waals surface area contributed by atoms with Crippen molar-refractivity contribution in [3.63, 3.8) is 0 Å². The highest BCUT2D eigenvalue weighted by Crippen LogP contribution is 2.26. The van der Waals surface area contributed by atoms with E-state index in [0.717, 1.165) is 38.5 Å². The molecule has 0 bridgehead atoms. The van der Waals surface area contributed by atoms with Gasteiger partial charge in [0.15, 0.2) is 6.29 Å². The van der Waals surface area contributed by atoms with Crippen molar-refractivity contribution in [1.82, 2.24) is 5.32 Å². The number of unbranched alkanes of at least 4 members (excludes halogenated alkanes) is 47. The van der Waals surface area contributed by atoms with Gasteiger partial charge in [0.2, 0.25) is 5.91 Å². The van der Waals surface area contributed by atoms with E-state index >= 15 is 0 Å². The Morgan fingerprint density at radius 1 is 0.487 bits per heavy atom. The normalized spacial score (nSPS) is 18.7. The number of carbonyl (C=O) groups is 1. The van der Waals surface area contributed by atoms with Gasteiger partial charge in [-0.1, -0.05) is 314 Å². The fourth-order valence-electron chi connectivity index (χ4n) is 11.2. The zero-order chi connectivity index (χ0) is 58.3. The molecule has 0 radical (unpaired) electrons. The summed E-state index contributed by atoms with van der Waals surface area (Å²) in [4.78, 5) is 13.2. The quantitative estimate of drug-likeness (QED) is 0.0193. The van der Waals surface area contributed by atoms with Gasteiger partial charge in [-0.3, -0.25) is 9.35 Å². The lowest BCUT2D eigenvalue weighted by atomic mass is 9.99. The van der Waals surface area contributed by atoms with Crippen LogP contribution in [0.2, 0.25) is 0 Å². The van der Waals surface area contributed by atoms with Crippen LogP contribution in [0.3, 0.4) is 0 Å². The van der Waals surface area contributed by atoms with Gasteiger partial charge < -0.3 is 35.2 Å². The molecule has 6 N–H and O–H groups in total. The Morgan fingerprint density at radius 2 is 0.800 bits per heavy atom. The van der Waals surface area contributed by atoms with Crippen molar-refractivity contribution < 1.29 is 51.8 Å². The number of allylic oxidation sites excluding steroid dienone is 3. The topological polar surface area (TPSA) is 192 Å². The summed E-state index contributed by atoms with van der Waals surface area (Å²) < 4.78 is 47.9. The van der Waals surface area contributed by atoms with Gasteiger partial charge in [0.25, 0.3) is 0 Å². The van der Waals surface area contributed by atoms with Gasteiger partial charge in [-0.05, 0) is 44.9 Å². The third kappa shape index (κ3) is 47.9. The van der Waals surface area contributed by atoms with Crippen molar-refractivity contribution in [3.8, 4) is 0 Å². The number of hydrogen-bond acceptors (Lipinski definition) is 10. The monoisotopic (exact) mass is 1160 g/mol. The third-order valence-electron chi connectivity index (χ3n) is 16.5. The Kier molecular flexibility index (Phi) is 54.3. The molecule has 0 spiro atoms. The lowest BCUT2D eigenvalue weighted by Gasteiger charge is -2.41. The predicted molar refractivity (Wildman–Crippen MR) is 333 cm³/mol. The number of aliphatic hydroxyl groups excluding tert-OH is 4. The molecule has 80 heavy (non-hydrogen) atoms. The van der Waals surface area contributed by atoms with Crippen LogP contribution in [0.4, 0.5) is 0 Å². The van der Waals surface area contributed by atoms with Gasteiger partial charge in [0.1, 0.15) is 24.4 Å². The minimum absolute atomic E-state index is 0.256. The molecule has 0 aromatic heterocycles. The summed E-state index contributed by atoms with van der Waals surface area (Å²) in [6, 6.07) is -0.942. The number of aliphatic hydroxyl groups is 4. The summed E-state index contributed by atoms with van der Waals surface area (Å²) in [6.45, 7) is 3.44. The minimum atomic E-state index is -5.09. The molecule has 7 atom stereocenters. The highest BCUT2D eigenvalue weighted by Gasteiger charge is 2.48. The molecule has 0 aliphatic carbocycles. The summed E-state index contributed by atoms with van der Waals surface area (Å²) >= 11 is 0. The van der Waals surface area contributed by atoms with Crippen LogP contribution < -0.4 is 5.32 Å². The number of amides is 1. The molecule has 1 amide bonds. The van der Waals surface area contributed by atoms with Gasteiger partial charge in [0, 0.05) is 6.42 Å². The first-order valence-corrected chi connectivity index (χ1v) is 35.6. The van der Waals surface area contributed by atoms with E-state index in [1.807, 2.05) is 6.08 Å². The molecule has 0 aromatic rings. The summed E-state index contributed by atoms with van der Waals surface area (Å²) in [5, 5.41) is 45.0. The first kappa shape index (κ1) is 76.6. The lowest BCUT2D eigenvalue weighted by Crippen LogP contribution is -2.61. The van der Waals surface area contributed by atoms with Crippen molar-refractivity contribution >= 4 is 16.3 Å². The molecule has 1 heterocycles. The van der Waals surface area contributed by atoms with Crippen molar-refractivity contribution in [2.75, 3.05) is 13.2 Å². The zero-order valence-corrected chi connectivity index (χ0v) is 52.7. The van der Waals surface area contributed by atoms with E-state index in [2.05, 4.69) is 35.5 Å². The maximum Gasteiger partial charge on any atom is 0.397 e. The average molecular weight is 1160 g/mol. The second-order valence-electron chi connectivity index (χ2n) is 24.1. The highest BCUT2D eigenvalue weighted by atomic mass is 32.3. The molecule has 12 nitrogen and oxygen atoms in total. The second-order valence-corrected chi connectivity index (χ2v) is 25.2. The van der Waals surface area contributed by atoms with Crippen LogP contribution in [0.5, 0.6) is 0 Å². The molecule has 1 fully saturated rings. The molecular formula is C67H129NO11S. The number of ether oxygens (including phenoxy) is 2. The SMILES string of the molecule is CCCCCCCCCCCCCCCC/C=C/C(O)C(COC1OC(CO)C(O)C(OS(=O)(=O)O)C1O)NC(=O)CCCCCCCCCCCCCCCCCCC/C=C\CCCCCCCCCCCCCCCCCC. The van der Waals surface area contributed by atoms with E-state index in [4.69, 9.17) is 9.47 Å². The average Bonchev–Trinajstić information content (AvgIpc) is 3.43. The van der Waals surface area contributed by atoms with Crippen molar-refractivity contribution in [2.24, 2.45) is 0 Å². The van der Waals surface area contributed by atoms with Gasteiger partial charge in [-0.2, -0.15) is 8.42 Å². The Hall–Kier alpha value is -1.42. The Bertz CT molecular complexity index is 1500. The van der Waals surface area contributed by atoms with Gasteiger partial charge in [-0.25, -0.2) is 4.18 Å². The smallest absolute Gasteiger partial charge is 0.394 e. The standard InChI is InChI=1S/C67H129NO11S/c1-3-5-7-9-11-13-15-17-19-21-22-23-24-25-26-27-28-29-30-31-32-33-34-35-36-37-38-39-40-41-43-45-47-49-51-53-55-57-63(71)68-60(59-77-67-65(73)66(79-80(74,75)76)64(72)62(58-69)78-67)61(70)56-54-52-50-48-46-44-42-20-18-16-14-12-10-8-6-4-2/h29-30,54,56,60-62,64-67,69-70,72-73H,3-28,31-53,55,57-59H2,1-2H3,(H,68,71)(H,74,75,76)/b30-29-,56-54+. The third-order valence-corrected chi connectivity index (χ3v) is 16.9. The van der Waals surface area contributed by atoms with Crippen LogP contribution in [0.15, 0.2) is 24.3 Å². The van der Waals surface area contributed by atoms with Crippen molar-refractivity contribution in [2.45, 2.75) is 384 Å². The fraction of sp³-hybridized carbons (Fsp3) is 0.925. The van der Waals surface area contributed by atoms with Gasteiger partial charge in [0.05, 0.1) is 25.4 Å². The molecular weight excluding hydrogens is 1030 g/mol. The van der Waals surface area contributed by atoms with Crippen molar-refractivity contribution in [1.29, 1.82) is 0 Å². The molecule has 474 valence electrons. The molecule has 7 unspecified atom stereocenters. The number of carbonyl (C=O) groups excluding carboxylic acids is 1. The Balaban J connectivity index is 2.17. The van der Waals surface area contributed by atoms with Crippen LogP contribution in [0.25, 0.3) is 0 Å². The van der Waals surface area contributed by atoms with Crippen LogP contribution >= 0.6 is 0 Å². The number of nitrogens with one attached hydrogen (secondary N) is 1. The predicted octanol–water partition coefficient (Wildman–Crippen LogP) is 17.5. The summed E-state index contributed by atoms with van der Waals surface area (Å²) in [6.07, 6.45) is 64.1. The largest absolute Gasteiger partial charge is 0.397 e. The molecule has 13 heteroatoms. The van der Waals surface area contributed by atoms with Gasteiger partial charge in [-0.15, -0.1) is 0 Å². The Labute approximate surface area is 493 Å². The van der Waals surface area contributed by atoms with E-state index in [-0.39, 0.29) is 18.9 Å². The molecule has 1 saturated heterocycles. The summed E-state index contributed by atoms with van der Waals surface area (Å²) in [5.74, 6) is -0.256. The van der Waals surface area contributed by atoms with E-state index in [0.29, 0.717) is 6.42 Å². The van der Waals surface area contributed by atoms with E-state index < -0.39 is 59.9 Å². The van der Waals surface area contributed by atoms with E-state index in [9.17, 15) is 38.2 Å². The maximum absolute atomic E-state index is 13.2. The number of hydrogen-bond donors (Lipinski definition) is 6. The highest BCUT2D eigenvalue weighted by molar-refractivity contribution is 7.80. The number of rotatable bonds is 61. The van der Waals surface area contributed by atoms with Crippen LogP contribution in [0, 0.1) is 0 Å². The molecule has 1 aliphatic rings. The summed E-state index contributed by atoms with van der Waals surface area (Å²) in [7, 11) is -5.09. The van der Waals surface area contributed by atoms with E-state index in [1.54, 1.807) is 6.08 Å². The van der Waals surface area contributed by atoms with Crippen LogP contribution in [0.1, 0.15) is 341 Å². The van der Waals surface area contributed by atoms with Crippen molar-refractivity contribution in [3.05, 3.63) is 24.3 Å². The van der Waals surface area contributed by atoms with Gasteiger partial charge >= 0.3 is 10.4 Å². The fourth-order valence-corrected chi connectivity index (χ4v) is 11.7. The first-order valence-electron chi connectivity index (χ1n) is 34.2. The summed E-state index contributed by atoms with van der Waals surface area (Å²) in [5.41, 5.74) is 0. The Morgan fingerprint density at radius 3 is 1.12 bits per heavy atom. The lowest BCUT2D eigenvalue weighted by molar-refractivity contribution is -0.298. The zero-order valence-electron chi connectivity index (χ0n) is 51.9. The van der Waals surface area contributed by atoms with Crippen LogP contribution in [-0.4, -0.2) is 95.4 Å². The first-order chi connectivity index (χ1) is 39.0.